The van der Waals surface area contributed by atoms with E-state index >= 15 is 0 Å². The van der Waals surface area contributed by atoms with Gasteiger partial charge in [-0.3, -0.25) is 0 Å². The molecule has 0 amide bonds. The lowest BCUT2D eigenvalue weighted by Crippen LogP contribution is -2.72. The average molecular weight is 665 g/mol. The SMILES string of the molecule is c1ccc(-n2c3ccccc3c3cc4c5ccccc5n(-c5cccc([Si]6(c7ccccc7)c7ccccc7-c7ccccc76)c5)c4cc32)cc1. The Hall–Kier alpha value is -6.42. The van der Waals surface area contributed by atoms with Gasteiger partial charge in [0.1, 0.15) is 0 Å². The summed E-state index contributed by atoms with van der Waals surface area (Å²) in [6, 6.07) is 72.3. The van der Waals surface area contributed by atoms with Crippen LogP contribution in [0.25, 0.3) is 66.1 Å². The molecule has 0 saturated heterocycles. The van der Waals surface area contributed by atoms with Gasteiger partial charge in [-0.1, -0.05) is 146 Å². The first-order valence-corrected chi connectivity index (χ1v) is 19.7. The molecule has 0 N–H and O–H groups in total. The highest BCUT2D eigenvalue weighted by Crippen LogP contribution is 2.39. The van der Waals surface area contributed by atoms with Crippen LogP contribution >= 0.6 is 0 Å². The third-order valence-corrected chi connectivity index (χ3v) is 16.0. The first-order chi connectivity index (χ1) is 25.3. The second kappa shape index (κ2) is 10.8. The lowest BCUT2D eigenvalue weighted by molar-refractivity contribution is 1.17. The smallest absolute Gasteiger partial charge is 0.180 e. The summed E-state index contributed by atoms with van der Waals surface area (Å²) in [5.74, 6) is 0. The Morgan fingerprint density at radius 1 is 0.294 bits per heavy atom. The molecule has 2 nitrogen and oxygen atoms in total. The third kappa shape index (κ3) is 3.87. The maximum atomic E-state index is 2.50. The molecule has 0 aliphatic carbocycles. The minimum atomic E-state index is -2.64. The molecule has 10 aromatic rings. The van der Waals surface area contributed by atoms with Crippen LogP contribution in [-0.4, -0.2) is 17.2 Å². The summed E-state index contributed by atoms with van der Waals surface area (Å²) < 4.78 is 4.92. The van der Waals surface area contributed by atoms with Crippen LogP contribution in [0.15, 0.2) is 194 Å². The summed E-state index contributed by atoms with van der Waals surface area (Å²) in [7, 11) is -2.64. The Labute approximate surface area is 297 Å². The van der Waals surface area contributed by atoms with Crippen LogP contribution in [0, 0.1) is 0 Å². The fraction of sp³-hybridized carbons (Fsp3) is 0. The largest absolute Gasteiger partial charge is 0.309 e. The Morgan fingerprint density at radius 3 is 1.39 bits per heavy atom. The van der Waals surface area contributed by atoms with Crippen molar-refractivity contribution in [1.29, 1.82) is 0 Å². The molecule has 11 rings (SSSR count). The summed E-state index contributed by atoms with van der Waals surface area (Å²) in [5.41, 5.74) is 9.94. The summed E-state index contributed by atoms with van der Waals surface area (Å²) in [4.78, 5) is 0. The Kier molecular flexibility index (Phi) is 6.01. The van der Waals surface area contributed by atoms with Gasteiger partial charge in [0, 0.05) is 32.9 Å². The predicted molar refractivity (Wildman–Crippen MR) is 218 cm³/mol. The maximum Gasteiger partial charge on any atom is 0.180 e. The van der Waals surface area contributed by atoms with Crippen molar-refractivity contribution in [3.8, 4) is 22.5 Å². The highest BCUT2D eigenvalue weighted by molar-refractivity contribution is 7.22. The van der Waals surface area contributed by atoms with Crippen LogP contribution in [0.5, 0.6) is 0 Å². The number of hydrogen-bond acceptors (Lipinski definition) is 0. The van der Waals surface area contributed by atoms with Crippen molar-refractivity contribution in [3.05, 3.63) is 194 Å². The number of aromatic nitrogens is 2. The zero-order valence-corrected chi connectivity index (χ0v) is 28.9. The van der Waals surface area contributed by atoms with Gasteiger partial charge >= 0.3 is 0 Å². The number of hydrogen-bond donors (Lipinski definition) is 0. The summed E-state index contributed by atoms with van der Waals surface area (Å²) in [6.45, 7) is 0. The molecule has 1 aliphatic heterocycles. The van der Waals surface area contributed by atoms with Crippen LogP contribution in [0.2, 0.25) is 0 Å². The normalized spacial score (nSPS) is 13.3. The number of nitrogens with zero attached hydrogens (tertiary/aromatic N) is 2. The molecule has 0 fully saturated rings. The summed E-state index contributed by atoms with van der Waals surface area (Å²) in [6.07, 6.45) is 0. The van der Waals surface area contributed by atoms with Gasteiger partial charge in [-0.15, -0.1) is 0 Å². The van der Waals surface area contributed by atoms with E-state index in [1.165, 1.54) is 86.9 Å². The van der Waals surface area contributed by atoms with E-state index in [9.17, 15) is 0 Å². The van der Waals surface area contributed by atoms with Crippen LogP contribution in [0.4, 0.5) is 0 Å². The molecular weight excluding hydrogens is 633 g/mol. The van der Waals surface area contributed by atoms with Gasteiger partial charge in [0.2, 0.25) is 0 Å². The van der Waals surface area contributed by atoms with Gasteiger partial charge in [0.25, 0.3) is 0 Å². The van der Waals surface area contributed by atoms with Gasteiger partial charge in [0.05, 0.1) is 22.1 Å². The zero-order valence-electron chi connectivity index (χ0n) is 27.9. The standard InChI is InChI=1S/C48H32N2Si/c1-3-16-33(17-4-1)49-43-26-11-7-22-37(43)41-31-42-38-23-8-12-27-44(38)50(46(42)32-45(41)49)34-18-15-21-36(30-34)51(35-19-5-2-6-20-35)47-28-13-9-24-39(47)40-25-10-14-29-48(40)51/h1-32H. The fourth-order valence-corrected chi connectivity index (χ4v) is 14.4. The topological polar surface area (TPSA) is 9.86 Å². The monoisotopic (exact) mass is 664 g/mol. The van der Waals surface area contributed by atoms with E-state index < -0.39 is 8.07 Å². The van der Waals surface area contributed by atoms with E-state index in [0.717, 1.165) is 0 Å². The van der Waals surface area contributed by atoms with Crippen molar-refractivity contribution in [2.24, 2.45) is 0 Å². The van der Waals surface area contributed by atoms with Gasteiger partial charge in [-0.2, -0.15) is 0 Å². The number of benzene rings is 8. The lowest BCUT2D eigenvalue weighted by Gasteiger charge is -2.31. The van der Waals surface area contributed by atoms with Crippen molar-refractivity contribution in [1.82, 2.24) is 9.13 Å². The molecule has 0 saturated carbocycles. The van der Waals surface area contributed by atoms with Crippen LogP contribution in [0.3, 0.4) is 0 Å². The van der Waals surface area contributed by atoms with Gasteiger partial charge in [-0.05, 0) is 80.4 Å². The third-order valence-electron chi connectivity index (χ3n) is 11.2. The highest BCUT2D eigenvalue weighted by atomic mass is 28.3. The molecule has 3 heterocycles. The molecule has 3 heteroatoms. The zero-order chi connectivity index (χ0) is 33.5. The molecule has 238 valence electrons. The van der Waals surface area contributed by atoms with Gasteiger partial charge in [0.15, 0.2) is 8.07 Å². The van der Waals surface area contributed by atoms with Crippen molar-refractivity contribution in [3.63, 3.8) is 0 Å². The fourth-order valence-electron chi connectivity index (χ4n) is 9.15. The Morgan fingerprint density at radius 2 is 0.765 bits per heavy atom. The Bertz CT molecular complexity index is 2920. The van der Waals surface area contributed by atoms with Crippen molar-refractivity contribution in [2.75, 3.05) is 0 Å². The van der Waals surface area contributed by atoms with Gasteiger partial charge < -0.3 is 9.13 Å². The van der Waals surface area contributed by atoms with E-state index in [1.54, 1.807) is 0 Å². The molecule has 1 aliphatic rings. The molecule has 51 heavy (non-hydrogen) atoms. The molecule has 0 spiro atoms. The number of fused-ring (bicyclic) bond motifs is 9. The predicted octanol–water partition coefficient (Wildman–Crippen LogP) is 9.24. The van der Waals surface area contributed by atoms with Crippen LogP contribution < -0.4 is 20.7 Å². The summed E-state index contributed by atoms with van der Waals surface area (Å²) in [5, 5.41) is 10.8. The van der Waals surface area contributed by atoms with Crippen molar-refractivity contribution >= 4 is 72.4 Å². The number of para-hydroxylation sites is 3. The molecule has 0 unspecified atom stereocenters. The molecule has 0 radical (unpaired) electrons. The van der Waals surface area contributed by atoms with Gasteiger partial charge in [-0.25, -0.2) is 0 Å². The molecule has 0 bridgehead atoms. The van der Waals surface area contributed by atoms with Crippen LogP contribution in [-0.2, 0) is 0 Å². The highest BCUT2D eigenvalue weighted by Gasteiger charge is 2.48. The molecular formula is C48H32N2Si. The van der Waals surface area contributed by atoms with E-state index in [2.05, 4.69) is 203 Å². The average Bonchev–Trinajstić information content (AvgIpc) is 3.82. The van der Waals surface area contributed by atoms with E-state index in [0.29, 0.717) is 0 Å². The lowest BCUT2D eigenvalue weighted by atomic mass is 10.1. The quantitative estimate of drug-likeness (QED) is 0.166. The molecule has 0 atom stereocenters. The molecule has 2 aromatic heterocycles. The van der Waals surface area contributed by atoms with E-state index in [4.69, 9.17) is 0 Å². The first kappa shape index (κ1) is 28.4. The van der Waals surface area contributed by atoms with Crippen molar-refractivity contribution < 1.29 is 0 Å². The second-order valence-electron chi connectivity index (χ2n) is 13.7. The minimum absolute atomic E-state index is 1.17. The van der Waals surface area contributed by atoms with E-state index in [1.807, 2.05) is 0 Å². The van der Waals surface area contributed by atoms with E-state index in [-0.39, 0.29) is 0 Å². The number of rotatable bonds is 4. The van der Waals surface area contributed by atoms with Crippen molar-refractivity contribution in [2.45, 2.75) is 0 Å². The maximum absolute atomic E-state index is 2.64. The summed E-state index contributed by atoms with van der Waals surface area (Å²) >= 11 is 0. The Balaban J connectivity index is 1.24. The van der Waals surface area contributed by atoms with Crippen LogP contribution in [0.1, 0.15) is 0 Å². The second-order valence-corrected chi connectivity index (χ2v) is 17.4. The first-order valence-electron chi connectivity index (χ1n) is 17.7. The minimum Gasteiger partial charge on any atom is -0.309 e. The molecule has 8 aromatic carbocycles.